The lowest BCUT2D eigenvalue weighted by Gasteiger charge is -1.67. The van der Waals surface area contributed by atoms with Crippen LogP contribution in [0.3, 0.4) is 0 Å². The van der Waals surface area contributed by atoms with Crippen molar-refractivity contribution in [3.63, 3.8) is 0 Å². The van der Waals surface area contributed by atoms with Crippen LogP contribution in [0.2, 0.25) is 0 Å². The van der Waals surface area contributed by atoms with Crippen LogP contribution >= 0.6 is 11.3 Å². The molecule has 0 aliphatic carbocycles. The molecular weight excluding hydrogens is 126 g/mol. The fraction of sp³-hybridized carbons (Fsp3) is 0. The summed E-state index contributed by atoms with van der Waals surface area (Å²) in [7, 11) is 0. The van der Waals surface area contributed by atoms with Crippen LogP contribution in [0, 0.1) is 0 Å². The lowest BCUT2D eigenvalue weighted by molar-refractivity contribution is 0.824. The number of nitrogens with zero attached hydrogens (tertiary/aromatic N) is 1. The predicted molar refractivity (Wildman–Crippen MR) is 35.2 cm³/mol. The molecule has 0 fully saturated rings. The zero-order valence-corrected chi connectivity index (χ0v) is 5.11. The van der Waals surface area contributed by atoms with E-state index in [2.05, 4.69) is 4.98 Å². The molecule has 0 atom stereocenters. The topological polar surface area (TPSA) is 105 Å². The molecule has 48 valence electrons. The normalized spacial score (nSPS) is 6.50. The Kier molecular flexibility index (Phi) is 5.83. The van der Waals surface area contributed by atoms with Crippen LogP contribution in [0.25, 0.3) is 0 Å². The molecule has 0 saturated carbocycles. The molecule has 1 aromatic rings. The minimum atomic E-state index is 0. The van der Waals surface area contributed by atoms with E-state index in [4.69, 9.17) is 5.73 Å². The smallest absolute Gasteiger partial charge is 0.179 e. The van der Waals surface area contributed by atoms with Crippen molar-refractivity contribution in [2.24, 2.45) is 0 Å². The molecule has 5 heteroatoms. The Labute approximate surface area is 51.2 Å². The first-order valence-corrected chi connectivity index (χ1v) is 2.42. The Morgan fingerprint density at radius 2 is 2.25 bits per heavy atom. The van der Waals surface area contributed by atoms with E-state index in [1.54, 1.807) is 6.20 Å². The predicted octanol–water partition coefficient (Wildman–Crippen LogP) is 0.0626. The lowest BCUT2D eigenvalue weighted by atomic mass is 11.0. The minimum Gasteiger partial charge on any atom is -0.412 e. The first kappa shape index (κ1) is 10.4. The molecule has 0 aromatic carbocycles. The van der Waals surface area contributed by atoms with Gasteiger partial charge in [0.15, 0.2) is 5.13 Å². The van der Waals surface area contributed by atoms with Crippen LogP contribution in [0.15, 0.2) is 11.6 Å². The van der Waals surface area contributed by atoms with Crippen molar-refractivity contribution < 1.29 is 5.48 Å². The highest BCUT2D eigenvalue weighted by atomic mass is 32.1. The summed E-state index contributed by atoms with van der Waals surface area (Å²) < 4.78 is 0. The van der Waals surface area contributed by atoms with Gasteiger partial charge in [-0.25, -0.2) is 4.98 Å². The summed E-state index contributed by atoms with van der Waals surface area (Å²) in [5.74, 6) is 0. The zero-order valence-electron chi connectivity index (χ0n) is 4.29. The maximum atomic E-state index is 5.19. The van der Waals surface area contributed by atoms with E-state index in [0.29, 0.717) is 5.13 Å². The lowest BCUT2D eigenvalue weighted by Crippen LogP contribution is -1.77. The van der Waals surface area contributed by atoms with Crippen molar-refractivity contribution in [1.82, 2.24) is 11.1 Å². The first-order valence-electron chi connectivity index (χ1n) is 1.54. The van der Waals surface area contributed by atoms with E-state index < -0.39 is 0 Å². The molecule has 0 saturated heterocycles. The average molecular weight is 135 g/mol. The fourth-order valence-electron chi connectivity index (χ4n) is 0.234. The number of hydrogen-bond donors (Lipinski definition) is 2. The standard InChI is InChI=1S/C3H4N2S.H3N.H2O/c4-3-5-1-2-6-3;;/h1-2H,(H2,4,5);1H3;1H2. The maximum absolute atomic E-state index is 5.19. The molecule has 0 bridgehead atoms. The van der Waals surface area contributed by atoms with Gasteiger partial charge in [0.1, 0.15) is 0 Å². The summed E-state index contributed by atoms with van der Waals surface area (Å²) in [6.45, 7) is 0. The van der Waals surface area contributed by atoms with Crippen LogP contribution in [0.5, 0.6) is 0 Å². The number of rotatable bonds is 0. The monoisotopic (exact) mass is 135 g/mol. The highest BCUT2D eigenvalue weighted by molar-refractivity contribution is 7.13. The Morgan fingerprint density at radius 1 is 1.62 bits per heavy atom. The van der Waals surface area contributed by atoms with E-state index >= 15 is 0 Å². The number of nitrogens with two attached hydrogens (primary N) is 1. The molecule has 1 rings (SSSR count). The molecule has 1 aromatic heterocycles. The van der Waals surface area contributed by atoms with Gasteiger partial charge in [0.2, 0.25) is 0 Å². The van der Waals surface area contributed by atoms with Crippen molar-refractivity contribution in [2.45, 2.75) is 0 Å². The van der Waals surface area contributed by atoms with Gasteiger partial charge in [0.05, 0.1) is 0 Å². The molecule has 7 N–H and O–H groups in total. The SMILES string of the molecule is N.Nc1nccs1.O. The van der Waals surface area contributed by atoms with Crippen LogP contribution in [-0.4, -0.2) is 10.5 Å². The highest BCUT2D eigenvalue weighted by Gasteiger charge is 1.76. The number of nitrogen functional groups attached to an aromatic ring is 1. The summed E-state index contributed by atoms with van der Waals surface area (Å²) in [6, 6.07) is 0. The molecular formula is C3H9N3OS. The third kappa shape index (κ3) is 2.51. The van der Waals surface area contributed by atoms with Gasteiger partial charge >= 0.3 is 0 Å². The van der Waals surface area contributed by atoms with Gasteiger partial charge in [-0.15, -0.1) is 11.3 Å². The van der Waals surface area contributed by atoms with E-state index in [-0.39, 0.29) is 11.6 Å². The number of thiazole rings is 1. The van der Waals surface area contributed by atoms with Crippen LogP contribution in [-0.2, 0) is 0 Å². The quantitative estimate of drug-likeness (QED) is 0.525. The van der Waals surface area contributed by atoms with Crippen LogP contribution < -0.4 is 11.9 Å². The molecule has 0 radical (unpaired) electrons. The van der Waals surface area contributed by atoms with Gasteiger partial charge < -0.3 is 17.4 Å². The largest absolute Gasteiger partial charge is 0.412 e. The summed E-state index contributed by atoms with van der Waals surface area (Å²) in [5, 5.41) is 2.48. The Balaban J connectivity index is 0. The van der Waals surface area contributed by atoms with E-state index in [1.165, 1.54) is 11.3 Å². The molecule has 4 nitrogen and oxygen atoms in total. The van der Waals surface area contributed by atoms with Gasteiger partial charge in [-0.2, -0.15) is 0 Å². The third-order valence-corrected chi connectivity index (χ3v) is 1.06. The Bertz CT molecular complexity index is 118. The maximum Gasteiger partial charge on any atom is 0.179 e. The Morgan fingerprint density at radius 3 is 2.38 bits per heavy atom. The van der Waals surface area contributed by atoms with Gasteiger partial charge in [0.25, 0.3) is 0 Å². The molecule has 0 unspecified atom stereocenters. The second-order valence-corrected chi connectivity index (χ2v) is 1.80. The van der Waals surface area contributed by atoms with Crippen LogP contribution in [0.1, 0.15) is 0 Å². The molecule has 0 amide bonds. The summed E-state index contributed by atoms with van der Waals surface area (Å²) in [5.41, 5.74) is 5.19. The average Bonchev–Trinajstić information content (AvgIpc) is 1.86. The Hall–Kier alpha value is -0.650. The third-order valence-electron chi connectivity index (χ3n) is 0.451. The summed E-state index contributed by atoms with van der Waals surface area (Å²) in [4.78, 5) is 3.71. The van der Waals surface area contributed by atoms with E-state index in [1.807, 2.05) is 5.38 Å². The van der Waals surface area contributed by atoms with Gasteiger partial charge in [0, 0.05) is 11.6 Å². The second-order valence-electron chi connectivity index (χ2n) is 0.870. The van der Waals surface area contributed by atoms with Crippen LogP contribution in [0.4, 0.5) is 5.13 Å². The highest BCUT2D eigenvalue weighted by Crippen LogP contribution is 2.02. The minimum absolute atomic E-state index is 0. The van der Waals surface area contributed by atoms with Gasteiger partial charge in [-0.1, -0.05) is 0 Å². The van der Waals surface area contributed by atoms with Crippen molar-refractivity contribution in [3.8, 4) is 0 Å². The van der Waals surface area contributed by atoms with Crippen molar-refractivity contribution >= 4 is 16.5 Å². The summed E-state index contributed by atoms with van der Waals surface area (Å²) in [6.07, 6.45) is 1.68. The molecule has 0 spiro atoms. The van der Waals surface area contributed by atoms with Crippen molar-refractivity contribution in [1.29, 1.82) is 0 Å². The zero-order chi connectivity index (χ0) is 4.41. The second kappa shape index (κ2) is 4.51. The molecule has 1 heterocycles. The molecule has 0 aliphatic rings. The molecule has 0 aliphatic heterocycles. The fourth-order valence-corrected chi connectivity index (χ4v) is 0.617. The van der Waals surface area contributed by atoms with Crippen molar-refractivity contribution in [3.05, 3.63) is 11.6 Å². The van der Waals surface area contributed by atoms with Gasteiger partial charge in [-0.05, 0) is 0 Å². The number of anilines is 1. The summed E-state index contributed by atoms with van der Waals surface area (Å²) >= 11 is 1.44. The molecule has 8 heavy (non-hydrogen) atoms. The van der Waals surface area contributed by atoms with E-state index in [9.17, 15) is 0 Å². The first-order chi connectivity index (χ1) is 2.89. The van der Waals surface area contributed by atoms with Crippen molar-refractivity contribution in [2.75, 3.05) is 5.73 Å². The number of aromatic nitrogens is 1. The van der Waals surface area contributed by atoms with E-state index in [0.717, 1.165) is 0 Å². The van der Waals surface area contributed by atoms with Gasteiger partial charge in [-0.3, -0.25) is 0 Å². The number of hydrogen-bond acceptors (Lipinski definition) is 4.